The predicted molar refractivity (Wildman–Crippen MR) is 84.8 cm³/mol. The van der Waals surface area contributed by atoms with E-state index in [1.807, 2.05) is 6.07 Å². The van der Waals surface area contributed by atoms with E-state index in [-0.39, 0.29) is 5.57 Å². The lowest BCUT2D eigenvalue weighted by atomic mass is 10.2. The lowest BCUT2D eigenvalue weighted by Crippen LogP contribution is -2.17. The molecule has 0 fully saturated rings. The molecule has 0 atom stereocenters. The molecule has 0 aliphatic rings. The average molecular weight is 303 g/mol. The van der Waals surface area contributed by atoms with Crippen molar-refractivity contribution in [2.75, 3.05) is 26.1 Å². The third-order valence-electron chi connectivity index (χ3n) is 2.94. The van der Waals surface area contributed by atoms with Gasteiger partial charge in [0.1, 0.15) is 23.1 Å². The van der Waals surface area contributed by atoms with Gasteiger partial charge < -0.3 is 20.1 Å². The van der Waals surface area contributed by atoms with Crippen molar-refractivity contribution in [3.63, 3.8) is 0 Å². The molecule has 0 aliphatic carbocycles. The van der Waals surface area contributed by atoms with Crippen LogP contribution in [0.2, 0.25) is 0 Å². The highest BCUT2D eigenvalue weighted by molar-refractivity contribution is 6.07. The zero-order valence-corrected chi connectivity index (χ0v) is 13.1. The fourth-order valence-electron chi connectivity index (χ4n) is 1.70. The molecule has 0 saturated heterocycles. The predicted octanol–water partition coefficient (Wildman–Crippen LogP) is 2.44. The smallest absolute Gasteiger partial charge is 0.267 e. The monoisotopic (exact) mass is 303 g/mol. The van der Waals surface area contributed by atoms with Crippen LogP contribution in [0.1, 0.15) is 19.8 Å². The number of benzene rings is 1. The summed E-state index contributed by atoms with van der Waals surface area (Å²) in [5.41, 5.74) is 0.447. The first-order chi connectivity index (χ1) is 10.7. The van der Waals surface area contributed by atoms with Crippen LogP contribution in [0.3, 0.4) is 0 Å². The Morgan fingerprint density at radius 3 is 2.73 bits per heavy atom. The van der Waals surface area contributed by atoms with Crippen LogP contribution in [0.25, 0.3) is 0 Å². The number of methoxy groups -OCH3 is 2. The molecule has 0 saturated carbocycles. The number of ether oxygens (including phenoxy) is 2. The molecule has 6 nitrogen and oxygen atoms in total. The zero-order chi connectivity index (χ0) is 16.4. The highest BCUT2D eigenvalue weighted by Crippen LogP contribution is 2.29. The number of rotatable bonds is 8. The molecule has 0 spiro atoms. The fourth-order valence-corrected chi connectivity index (χ4v) is 1.70. The summed E-state index contributed by atoms with van der Waals surface area (Å²) < 4.78 is 10.3. The molecular formula is C16H21N3O3. The molecule has 1 amide bonds. The number of hydrogen-bond donors (Lipinski definition) is 2. The van der Waals surface area contributed by atoms with E-state index in [2.05, 4.69) is 17.6 Å². The lowest BCUT2D eigenvalue weighted by Gasteiger charge is -2.11. The van der Waals surface area contributed by atoms with Crippen LogP contribution in [-0.2, 0) is 4.79 Å². The molecule has 1 aromatic carbocycles. The Kier molecular flexibility index (Phi) is 7.34. The second kappa shape index (κ2) is 9.29. The number of anilines is 1. The Bertz CT molecular complexity index is 576. The minimum Gasteiger partial charge on any atom is -0.497 e. The van der Waals surface area contributed by atoms with Crippen LogP contribution < -0.4 is 20.1 Å². The van der Waals surface area contributed by atoms with E-state index in [0.29, 0.717) is 17.2 Å². The van der Waals surface area contributed by atoms with Crippen molar-refractivity contribution in [1.29, 1.82) is 5.26 Å². The topological polar surface area (TPSA) is 83.4 Å². The minimum atomic E-state index is -0.502. The highest BCUT2D eigenvalue weighted by Gasteiger charge is 2.13. The van der Waals surface area contributed by atoms with Crippen LogP contribution in [0, 0.1) is 11.3 Å². The van der Waals surface area contributed by atoms with E-state index in [4.69, 9.17) is 14.7 Å². The number of hydrogen-bond acceptors (Lipinski definition) is 5. The molecule has 0 unspecified atom stereocenters. The maximum Gasteiger partial charge on any atom is 0.267 e. The van der Waals surface area contributed by atoms with Gasteiger partial charge in [0.2, 0.25) is 0 Å². The molecule has 2 N–H and O–H groups in total. The summed E-state index contributed by atoms with van der Waals surface area (Å²) in [6.07, 6.45) is 3.44. The van der Waals surface area contributed by atoms with Crippen LogP contribution in [0.15, 0.2) is 30.0 Å². The van der Waals surface area contributed by atoms with Crippen molar-refractivity contribution in [1.82, 2.24) is 5.32 Å². The van der Waals surface area contributed by atoms with Crippen molar-refractivity contribution in [3.8, 4) is 17.6 Å². The van der Waals surface area contributed by atoms with Crippen molar-refractivity contribution < 1.29 is 14.3 Å². The van der Waals surface area contributed by atoms with Gasteiger partial charge in [0.15, 0.2) is 0 Å². The van der Waals surface area contributed by atoms with Crippen molar-refractivity contribution in [3.05, 3.63) is 30.0 Å². The van der Waals surface area contributed by atoms with E-state index in [9.17, 15) is 4.79 Å². The molecule has 0 aromatic heterocycles. The number of unbranched alkanes of at least 4 members (excludes halogenated alkanes) is 1. The van der Waals surface area contributed by atoms with Crippen LogP contribution in [0.5, 0.6) is 11.5 Å². The Labute approximate surface area is 130 Å². The second-order valence-electron chi connectivity index (χ2n) is 4.50. The van der Waals surface area contributed by atoms with Gasteiger partial charge in [-0.25, -0.2) is 0 Å². The first-order valence-electron chi connectivity index (χ1n) is 7.03. The molecule has 0 radical (unpaired) electrons. The van der Waals surface area contributed by atoms with Gasteiger partial charge >= 0.3 is 0 Å². The lowest BCUT2D eigenvalue weighted by molar-refractivity contribution is -0.112. The summed E-state index contributed by atoms with van der Waals surface area (Å²) in [6, 6.07) is 6.92. The molecule has 0 bridgehead atoms. The largest absolute Gasteiger partial charge is 0.497 e. The summed E-state index contributed by atoms with van der Waals surface area (Å²) in [5, 5.41) is 14.7. The number of nitriles is 1. The highest BCUT2D eigenvalue weighted by atomic mass is 16.5. The standard InChI is InChI=1S/C16H21N3O3/c1-4-5-8-18-11-12(10-17)16(20)19-14-9-13(21-2)6-7-15(14)22-3/h6-7,9,11,18H,4-5,8H2,1-3H3,(H,19,20)/b12-11-. The number of carbonyl (C=O) groups is 1. The summed E-state index contributed by atoms with van der Waals surface area (Å²) in [5.74, 6) is 0.572. The van der Waals surface area contributed by atoms with E-state index in [1.165, 1.54) is 20.4 Å². The first kappa shape index (κ1) is 17.4. The normalized spacial score (nSPS) is 10.5. The summed E-state index contributed by atoms with van der Waals surface area (Å²) in [6.45, 7) is 2.79. The van der Waals surface area contributed by atoms with E-state index < -0.39 is 5.91 Å². The van der Waals surface area contributed by atoms with Gasteiger partial charge in [-0.2, -0.15) is 5.26 Å². The Balaban J connectivity index is 2.84. The Morgan fingerprint density at radius 1 is 1.36 bits per heavy atom. The van der Waals surface area contributed by atoms with Gasteiger partial charge in [-0.05, 0) is 18.6 Å². The van der Waals surface area contributed by atoms with Crippen LogP contribution in [0.4, 0.5) is 5.69 Å². The van der Waals surface area contributed by atoms with E-state index >= 15 is 0 Å². The summed E-state index contributed by atoms with van der Waals surface area (Å²) in [7, 11) is 3.04. The summed E-state index contributed by atoms with van der Waals surface area (Å²) >= 11 is 0. The molecule has 118 valence electrons. The molecule has 0 heterocycles. The molecule has 22 heavy (non-hydrogen) atoms. The number of amides is 1. The Morgan fingerprint density at radius 2 is 2.14 bits per heavy atom. The van der Waals surface area contributed by atoms with Gasteiger partial charge in [0.05, 0.1) is 19.9 Å². The Hall–Kier alpha value is -2.68. The minimum absolute atomic E-state index is 0.000904. The SMILES string of the molecule is CCCCN/C=C(/C#N)C(=O)Nc1cc(OC)ccc1OC. The van der Waals surface area contributed by atoms with Gasteiger partial charge in [-0.1, -0.05) is 13.3 Å². The molecule has 0 aliphatic heterocycles. The van der Waals surface area contributed by atoms with Gasteiger partial charge in [0, 0.05) is 18.8 Å². The maximum absolute atomic E-state index is 12.1. The maximum atomic E-state index is 12.1. The van der Waals surface area contributed by atoms with E-state index in [0.717, 1.165) is 19.4 Å². The number of carbonyl (C=O) groups excluding carboxylic acids is 1. The molecule has 1 rings (SSSR count). The third-order valence-corrected chi connectivity index (χ3v) is 2.94. The third kappa shape index (κ3) is 5.02. The van der Waals surface area contributed by atoms with Gasteiger partial charge in [-0.3, -0.25) is 4.79 Å². The van der Waals surface area contributed by atoms with Crippen molar-refractivity contribution in [2.24, 2.45) is 0 Å². The average Bonchev–Trinajstić information content (AvgIpc) is 2.54. The van der Waals surface area contributed by atoms with Crippen LogP contribution >= 0.6 is 0 Å². The first-order valence-corrected chi connectivity index (χ1v) is 7.03. The molecular weight excluding hydrogens is 282 g/mol. The molecule has 1 aromatic rings. The second-order valence-corrected chi connectivity index (χ2v) is 4.50. The summed E-state index contributed by atoms with van der Waals surface area (Å²) in [4.78, 5) is 12.1. The van der Waals surface area contributed by atoms with Gasteiger partial charge in [0.25, 0.3) is 5.91 Å². The van der Waals surface area contributed by atoms with Crippen LogP contribution in [-0.4, -0.2) is 26.7 Å². The van der Waals surface area contributed by atoms with Gasteiger partial charge in [-0.15, -0.1) is 0 Å². The zero-order valence-electron chi connectivity index (χ0n) is 13.1. The number of nitrogens with one attached hydrogen (secondary N) is 2. The fraction of sp³-hybridized carbons (Fsp3) is 0.375. The van der Waals surface area contributed by atoms with Crippen molar-refractivity contribution in [2.45, 2.75) is 19.8 Å². The molecule has 6 heteroatoms. The quantitative estimate of drug-likeness (QED) is 0.438. The number of nitrogens with zero attached hydrogens (tertiary/aromatic N) is 1. The van der Waals surface area contributed by atoms with E-state index in [1.54, 1.807) is 18.2 Å². The van der Waals surface area contributed by atoms with Crippen molar-refractivity contribution >= 4 is 11.6 Å².